The lowest BCUT2D eigenvalue weighted by molar-refractivity contribution is -0.133. The molecule has 1 saturated heterocycles. The van der Waals surface area contributed by atoms with Gasteiger partial charge in [-0.05, 0) is 44.0 Å². The lowest BCUT2D eigenvalue weighted by Gasteiger charge is -2.34. The zero-order chi connectivity index (χ0) is 18.2. The van der Waals surface area contributed by atoms with Gasteiger partial charge in [0, 0.05) is 32.7 Å². The molecule has 1 N–H and O–H groups in total. The summed E-state index contributed by atoms with van der Waals surface area (Å²) in [5.41, 5.74) is 2.42. The Morgan fingerprint density at radius 2 is 1.84 bits per heavy atom. The fourth-order valence-electron chi connectivity index (χ4n) is 2.83. The molecule has 6 nitrogen and oxygen atoms in total. The molecule has 25 heavy (non-hydrogen) atoms. The number of likely N-dealkylation sites (N-methyl/N-ethyl adjacent to an activating group) is 1. The minimum Gasteiger partial charge on any atom is -0.493 e. The lowest BCUT2D eigenvalue weighted by Crippen LogP contribution is -2.51. The molecule has 138 valence electrons. The number of carbonyl (C=O) groups is 2. The first-order valence-electron chi connectivity index (χ1n) is 8.96. The van der Waals surface area contributed by atoms with Gasteiger partial charge >= 0.3 is 0 Å². The Morgan fingerprint density at radius 3 is 2.48 bits per heavy atom. The molecule has 1 aromatic rings. The third kappa shape index (κ3) is 6.05. The Labute approximate surface area is 150 Å². The van der Waals surface area contributed by atoms with E-state index in [1.54, 1.807) is 0 Å². The van der Waals surface area contributed by atoms with Crippen LogP contribution in [0.2, 0.25) is 0 Å². The summed E-state index contributed by atoms with van der Waals surface area (Å²) in [6.45, 7) is 10.3. The summed E-state index contributed by atoms with van der Waals surface area (Å²) in [7, 11) is 0. The van der Waals surface area contributed by atoms with Gasteiger partial charge in [-0.3, -0.25) is 14.5 Å². The minimum absolute atomic E-state index is 0.0454. The Balaban J connectivity index is 1.68. The van der Waals surface area contributed by atoms with Crippen molar-refractivity contribution in [2.24, 2.45) is 0 Å². The largest absolute Gasteiger partial charge is 0.493 e. The molecule has 0 atom stereocenters. The second kappa shape index (κ2) is 9.42. The van der Waals surface area contributed by atoms with Crippen LogP contribution < -0.4 is 10.1 Å². The van der Waals surface area contributed by atoms with Crippen LogP contribution in [-0.2, 0) is 9.59 Å². The van der Waals surface area contributed by atoms with Gasteiger partial charge in [-0.25, -0.2) is 0 Å². The monoisotopic (exact) mass is 347 g/mol. The van der Waals surface area contributed by atoms with Crippen molar-refractivity contribution >= 4 is 11.8 Å². The van der Waals surface area contributed by atoms with Crippen molar-refractivity contribution in [2.45, 2.75) is 27.2 Å². The van der Waals surface area contributed by atoms with Crippen molar-refractivity contribution in [1.29, 1.82) is 0 Å². The average molecular weight is 347 g/mol. The summed E-state index contributed by atoms with van der Waals surface area (Å²) in [5.74, 6) is 0.966. The van der Waals surface area contributed by atoms with E-state index >= 15 is 0 Å². The Kier molecular flexibility index (Phi) is 7.25. The van der Waals surface area contributed by atoms with Crippen LogP contribution >= 0.6 is 0 Å². The van der Waals surface area contributed by atoms with E-state index in [2.05, 4.69) is 17.1 Å². The number of aryl methyl sites for hydroxylation is 2. The van der Waals surface area contributed by atoms with E-state index in [9.17, 15) is 9.59 Å². The summed E-state index contributed by atoms with van der Waals surface area (Å²) in [5, 5.41) is 2.80. The van der Waals surface area contributed by atoms with Gasteiger partial charge < -0.3 is 15.0 Å². The number of amides is 2. The number of piperazine rings is 1. The minimum atomic E-state index is 0.0454. The third-order valence-electron chi connectivity index (χ3n) is 4.53. The lowest BCUT2D eigenvalue weighted by atomic mass is 10.1. The normalized spacial score (nSPS) is 15.1. The highest BCUT2D eigenvalue weighted by atomic mass is 16.5. The molecule has 0 radical (unpaired) electrons. The maximum Gasteiger partial charge on any atom is 0.234 e. The standard InChI is InChI=1S/C19H29N3O3/c1-4-20-18(23)14-21-8-10-22(11-9-21)19(24)7-12-25-17-6-5-15(2)16(3)13-17/h5-6,13H,4,7-12,14H2,1-3H3,(H,20,23). The van der Waals surface area contributed by atoms with Crippen molar-refractivity contribution in [1.82, 2.24) is 15.1 Å². The molecular formula is C19H29N3O3. The first kappa shape index (κ1) is 19.2. The molecule has 1 aliphatic rings. The number of benzene rings is 1. The molecule has 1 heterocycles. The second-order valence-corrected chi connectivity index (χ2v) is 6.45. The van der Waals surface area contributed by atoms with E-state index in [-0.39, 0.29) is 11.8 Å². The fraction of sp³-hybridized carbons (Fsp3) is 0.579. The van der Waals surface area contributed by atoms with Crippen LogP contribution in [0.5, 0.6) is 5.75 Å². The molecule has 2 amide bonds. The highest BCUT2D eigenvalue weighted by Crippen LogP contribution is 2.16. The summed E-state index contributed by atoms with van der Waals surface area (Å²) < 4.78 is 5.69. The van der Waals surface area contributed by atoms with Gasteiger partial charge in [0.25, 0.3) is 0 Å². The van der Waals surface area contributed by atoms with Gasteiger partial charge in [0.15, 0.2) is 0 Å². The molecule has 0 saturated carbocycles. The molecular weight excluding hydrogens is 318 g/mol. The zero-order valence-corrected chi connectivity index (χ0v) is 15.5. The van der Waals surface area contributed by atoms with Crippen LogP contribution in [0.4, 0.5) is 0 Å². The van der Waals surface area contributed by atoms with Crippen LogP contribution in [0.25, 0.3) is 0 Å². The molecule has 0 spiro atoms. The smallest absolute Gasteiger partial charge is 0.234 e. The van der Waals surface area contributed by atoms with E-state index in [4.69, 9.17) is 4.74 Å². The summed E-state index contributed by atoms with van der Waals surface area (Å²) >= 11 is 0. The number of nitrogens with one attached hydrogen (secondary N) is 1. The molecule has 1 aliphatic heterocycles. The molecule has 6 heteroatoms. The molecule has 0 bridgehead atoms. The molecule has 2 rings (SSSR count). The quantitative estimate of drug-likeness (QED) is 0.809. The summed E-state index contributed by atoms with van der Waals surface area (Å²) in [6, 6.07) is 5.97. The predicted molar refractivity (Wildman–Crippen MR) is 97.7 cm³/mol. The molecule has 0 unspecified atom stereocenters. The average Bonchev–Trinajstić information content (AvgIpc) is 2.59. The first-order valence-corrected chi connectivity index (χ1v) is 8.96. The summed E-state index contributed by atoms with van der Waals surface area (Å²) in [6.07, 6.45) is 0.378. The second-order valence-electron chi connectivity index (χ2n) is 6.45. The van der Waals surface area contributed by atoms with Gasteiger partial charge in [-0.15, -0.1) is 0 Å². The highest BCUT2D eigenvalue weighted by molar-refractivity contribution is 5.78. The van der Waals surface area contributed by atoms with E-state index in [0.29, 0.717) is 39.2 Å². The Bertz CT molecular complexity index is 596. The fourth-order valence-corrected chi connectivity index (χ4v) is 2.83. The predicted octanol–water partition coefficient (Wildman–Crippen LogP) is 1.35. The van der Waals surface area contributed by atoms with Crippen molar-refractivity contribution in [3.63, 3.8) is 0 Å². The maximum absolute atomic E-state index is 12.3. The number of carbonyl (C=O) groups excluding carboxylic acids is 2. The Morgan fingerprint density at radius 1 is 1.12 bits per heavy atom. The van der Waals surface area contributed by atoms with Crippen LogP contribution in [-0.4, -0.2) is 67.5 Å². The first-order chi connectivity index (χ1) is 12.0. The zero-order valence-electron chi connectivity index (χ0n) is 15.5. The number of hydrogen-bond donors (Lipinski definition) is 1. The third-order valence-corrected chi connectivity index (χ3v) is 4.53. The van der Waals surface area contributed by atoms with E-state index in [0.717, 1.165) is 18.8 Å². The number of rotatable bonds is 7. The Hall–Kier alpha value is -2.08. The van der Waals surface area contributed by atoms with Crippen molar-refractivity contribution in [3.8, 4) is 5.75 Å². The SMILES string of the molecule is CCNC(=O)CN1CCN(C(=O)CCOc2ccc(C)c(C)c2)CC1. The topological polar surface area (TPSA) is 61.9 Å². The van der Waals surface area contributed by atoms with Crippen LogP contribution in [0.1, 0.15) is 24.5 Å². The van der Waals surface area contributed by atoms with Gasteiger partial charge in [-0.2, -0.15) is 0 Å². The number of hydrogen-bond acceptors (Lipinski definition) is 4. The van der Waals surface area contributed by atoms with Gasteiger partial charge in [0.05, 0.1) is 19.6 Å². The van der Waals surface area contributed by atoms with Gasteiger partial charge in [0.2, 0.25) is 11.8 Å². The van der Waals surface area contributed by atoms with Gasteiger partial charge in [-0.1, -0.05) is 6.07 Å². The van der Waals surface area contributed by atoms with Crippen LogP contribution in [0.15, 0.2) is 18.2 Å². The van der Waals surface area contributed by atoms with E-state index < -0.39 is 0 Å². The number of ether oxygens (including phenoxy) is 1. The van der Waals surface area contributed by atoms with E-state index in [1.165, 1.54) is 11.1 Å². The molecule has 0 aromatic heterocycles. The number of nitrogens with zero attached hydrogens (tertiary/aromatic N) is 2. The molecule has 0 aliphatic carbocycles. The van der Waals surface area contributed by atoms with Crippen molar-refractivity contribution in [2.75, 3.05) is 45.9 Å². The van der Waals surface area contributed by atoms with Crippen molar-refractivity contribution in [3.05, 3.63) is 29.3 Å². The maximum atomic E-state index is 12.3. The summed E-state index contributed by atoms with van der Waals surface area (Å²) in [4.78, 5) is 27.8. The van der Waals surface area contributed by atoms with Crippen LogP contribution in [0.3, 0.4) is 0 Å². The van der Waals surface area contributed by atoms with Gasteiger partial charge in [0.1, 0.15) is 5.75 Å². The van der Waals surface area contributed by atoms with Crippen LogP contribution in [0, 0.1) is 13.8 Å². The molecule has 1 fully saturated rings. The molecule has 1 aromatic carbocycles. The van der Waals surface area contributed by atoms with E-state index in [1.807, 2.05) is 36.9 Å². The van der Waals surface area contributed by atoms with Crippen molar-refractivity contribution < 1.29 is 14.3 Å². The highest BCUT2D eigenvalue weighted by Gasteiger charge is 2.22.